The summed E-state index contributed by atoms with van der Waals surface area (Å²) in [5.74, 6) is 26.1. The summed E-state index contributed by atoms with van der Waals surface area (Å²) >= 11 is 0. The molecule has 28 fully saturated rings. The third kappa shape index (κ3) is 13.2. The topological polar surface area (TPSA) is 124 Å². The normalized spacial score (nSPS) is 46.3. The van der Waals surface area contributed by atoms with Gasteiger partial charge in [0.1, 0.15) is 11.2 Å². The van der Waals surface area contributed by atoms with E-state index in [9.17, 15) is 19.2 Å². The van der Waals surface area contributed by atoms with Gasteiger partial charge in [-0.3, -0.25) is 19.2 Å². The Kier molecular flexibility index (Phi) is 25.0. The summed E-state index contributed by atoms with van der Waals surface area (Å²) < 4.78 is 37.5. The van der Waals surface area contributed by atoms with Gasteiger partial charge in [0.15, 0.2) is 0 Å². The zero-order valence-corrected chi connectivity index (χ0v) is 66.2. The first-order valence-corrected chi connectivity index (χ1v) is 43.3. The molecule has 10 nitrogen and oxygen atoms in total. The maximum Gasteiger partial charge on any atom is 0.313 e. The van der Waals surface area contributed by atoms with E-state index in [0.717, 1.165) is 191 Å². The van der Waals surface area contributed by atoms with Crippen molar-refractivity contribution in [1.29, 1.82) is 0 Å². The second-order valence-electron chi connectivity index (χ2n) is 44.4. The van der Waals surface area contributed by atoms with Gasteiger partial charge < -0.3 is 28.4 Å². The minimum atomic E-state index is -0.420. The first kappa shape index (κ1) is 89.7. The molecule has 10 heteroatoms. The first-order valence-electron chi connectivity index (χ1n) is 43.3. The van der Waals surface area contributed by atoms with Crippen LogP contribution in [-0.2, 0) is 47.6 Å². The maximum atomic E-state index is 13.0. The molecule has 0 amide bonds. The van der Waals surface area contributed by atoms with Gasteiger partial charge in [0.2, 0.25) is 12.6 Å². The van der Waals surface area contributed by atoms with E-state index in [1.54, 1.807) is 0 Å². The zero-order chi connectivity index (χ0) is 70.7. The molecule has 28 saturated carbocycles. The van der Waals surface area contributed by atoms with Crippen LogP contribution in [0.3, 0.4) is 0 Å². The summed E-state index contributed by atoms with van der Waals surface area (Å²) in [7, 11) is 0. The Balaban J connectivity index is 0.000000162. The molecule has 0 aromatic carbocycles. The van der Waals surface area contributed by atoms with Crippen molar-refractivity contribution in [1.82, 2.24) is 0 Å². The van der Waals surface area contributed by atoms with Crippen LogP contribution in [0.25, 0.3) is 0 Å². The van der Waals surface area contributed by atoms with Gasteiger partial charge in [0.05, 0.1) is 32.9 Å². The SMILES string of the molecule is C.C.C.C.C.C.C.C.CCC(C)(C)C(=O)OC(C)(C)C12CC3C4CC5CC3C(C1)C(C5)C4C2.CCC(C)(C)C(=O)OC(C)(C)C12CC3CC4C5CC(CC41)CC2C5C3.CCC(C)(C)C(=O)OC(C)OC12CC3C4CC5CC3C(C1)C(C5)C4C2.CCC(C)(C)C(=O)OC(C)OC12CC3CC4C5CC(CC41)CC2C5C3. The van der Waals surface area contributed by atoms with Gasteiger partial charge >= 0.3 is 23.9 Å². The van der Waals surface area contributed by atoms with Crippen molar-refractivity contribution in [2.24, 2.45) is 198 Å². The summed E-state index contributed by atoms with van der Waals surface area (Å²) in [6.45, 7) is 37.2. The fourth-order valence-corrected chi connectivity index (χ4v) is 32.7. The van der Waals surface area contributed by atoms with Gasteiger partial charge in [-0.2, -0.15) is 0 Å². The Labute approximate surface area is 664 Å². The number of carbonyl (C=O) groups excluding carboxylic acids is 4. The largest absolute Gasteiger partial charge is 0.459 e. The highest BCUT2D eigenvalue weighted by Gasteiger charge is 2.77. The monoisotopic (exact) mass is 1510 g/mol. The lowest BCUT2D eigenvalue weighted by Gasteiger charge is -2.77. The lowest BCUT2D eigenvalue weighted by molar-refractivity contribution is -0.338. The highest BCUT2D eigenvalue weighted by atomic mass is 16.7. The van der Waals surface area contributed by atoms with Crippen LogP contribution >= 0.6 is 0 Å². The lowest BCUT2D eigenvalue weighted by atomic mass is 9.28. The van der Waals surface area contributed by atoms with E-state index in [1.807, 2.05) is 83.1 Å². The Hall–Kier alpha value is -2.20. The molecule has 28 aliphatic rings. The summed E-state index contributed by atoms with van der Waals surface area (Å²) in [5, 5.41) is 0. The third-order valence-electron chi connectivity index (χ3n) is 38.2. The first-order chi connectivity index (χ1) is 47.0. The fraction of sp³-hybridized carbons (Fsp3) is 0.959. The summed E-state index contributed by atoms with van der Waals surface area (Å²) in [5.41, 5.74) is -1.64. The van der Waals surface area contributed by atoms with Crippen molar-refractivity contribution in [2.75, 3.05) is 0 Å². The van der Waals surface area contributed by atoms with Crippen LogP contribution in [0.2, 0.25) is 0 Å². The van der Waals surface area contributed by atoms with E-state index < -0.39 is 23.4 Å². The molecule has 0 spiro atoms. The molecule has 0 heterocycles. The van der Waals surface area contributed by atoms with Gasteiger partial charge in [-0.05, 0) is 442 Å². The fourth-order valence-electron chi connectivity index (χ4n) is 32.7. The molecule has 108 heavy (non-hydrogen) atoms. The highest BCUT2D eigenvalue weighted by molar-refractivity contribution is 5.77. The molecule has 28 rings (SSSR count). The smallest absolute Gasteiger partial charge is 0.313 e. The predicted molar refractivity (Wildman–Crippen MR) is 443 cm³/mol. The standard InChI is InChI=1S/2C23H36O2.2C22H34O3.8CH4/c1-6-21(2,3)20(24)25-22(4,5)23-12-14-8-16-15-7-13(10-18(16)23)11-19(23)17(15)9-14;1-6-21(2,3)20(24)25-22(4,5)23-10-17-14-7-13-8-15(17)19(12-23)16(9-13)18(14)11-23;1-5-21(3,4)20(23)24-12(2)25-22-11-14-7-16-15-6-13(9-18(16)22)10-19(22)17(15)8-14;1-5-21(3,4)20(23)24-12(2)25-22-9-17-14-6-13-7-15(17)19(11-22)16(8-13)18(14)10-22;;;;;;;;/h2*13-19H,6-12H2,1-5H3;2*12-19H,5-11H2,1-4H3;8*1H4. The van der Waals surface area contributed by atoms with Crippen molar-refractivity contribution in [3.05, 3.63) is 0 Å². The Morgan fingerprint density at radius 3 is 0.898 bits per heavy atom. The maximum absolute atomic E-state index is 13.0. The van der Waals surface area contributed by atoms with E-state index in [1.165, 1.54) is 154 Å². The van der Waals surface area contributed by atoms with Crippen molar-refractivity contribution in [3.8, 4) is 0 Å². The molecule has 0 aliphatic heterocycles. The second-order valence-corrected chi connectivity index (χ2v) is 44.4. The van der Waals surface area contributed by atoms with Crippen molar-refractivity contribution >= 4 is 23.9 Å². The summed E-state index contributed by atoms with van der Waals surface area (Å²) in [6.07, 6.45) is 36.3. The molecule has 624 valence electrons. The molecule has 0 N–H and O–H groups in total. The Morgan fingerprint density at radius 2 is 0.556 bits per heavy atom. The van der Waals surface area contributed by atoms with Gasteiger partial charge in [0, 0.05) is 10.8 Å². The number of carbonyl (C=O) groups is 4. The van der Waals surface area contributed by atoms with E-state index in [2.05, 4.69) is 41.5 Å². The quantitative estimate of drug-likeness (QED) is 0.0744. The van der Waals surface area contributed by atoms with Crippen LogP contribution in [-0.4, -0.2) is 58.9 Å². The number of esters is 4. The summed E-state index contributed by atoms with van der Waals surface area (Å²) in [6, 6.07) is 0. The van der Waals surface area contributed by atoms with E-state index in [-0.39, 0.29) is 127 Å². The molecular weight excluding hydrogens is 1340 g/mol. The molecule has 0 aromatic heterocycles. The molecule has 32 bridgehead atoms. The predicted octanol–water partition coefficient (Wildman–Crippen LogP) is 25.6. The molecule has 0 radical (unpaired) electrons. The van der Waals surface area contributed by atoms with Crippen LogP contribution in [0.1, 0.15) is 364 Å². The Morgan fingerprint density at radius 1 is 0.296 bits per heavy atom. The number of hydrogen-bond donors (Lipinski definition) is 0. The van der Waals surface area contributed by atoms with Crippen LogP contribution in [0, 0.1) is 198 Å². The van der Waals surface area contributed by atoms with Crippen LogP contribution in [0.4, 0.5) is 0 Å². The lowest BCUT2D eigenvalue weighted by Crippen LogP contribution is -2.73. The van der Waals surface area contributed by atoms with E-state index in [4.69, 9.17) is 28.4 Å². The number of ether oxygens (including phenoxy) is 6. The zero-order valence-electron chi connectivity index (χ0n) is 66.2. The average molecular weight is 1510 g/mol. The second kappa shape index (κ2) is 30.1. The van der Waals surface area contributed by atoms with Crippen LogP contribution < -0.4 is 0 Å². The van der Waals surface area contributed by atoms with Crippen molar-refractivity contribution in [3.63, 3.8) is 0 Å². The number of hydrogen-bond acceptors (Lipinski definition) is 10. The molecular formula is C98H172O10. The molecule has 10 atom stereocenters. The van der Waals surface area contributed by atoms with E-state index >= 15 is 0 Å². The van der Waals surface area contributed by atoms with Crippen LogP contribution in [0.5, 0.6) is 0 Å². The average Bonchev–Trinajstić information content (AvgIpc) is 0.675. The van der Waals surface area contributed by atoms with Gasteiger partial charge in [-0.25, -0.2) is 0 Å². The van der Waals surface area contributed by atoms with Gasteiger partial charge in [0.25, 0.3) is 0 Å². The molecule has 10 unspecified atom stereocenters. The molecule has 28 aliphatic carbocycles. The van der Waals surface area contributed by atoms with Gasteiger partial charge in [-0.15, -0.1) is 0 Å². The molecule has 0 saturated heterocycles. The van der Waals surface area contributed by atoms with Gasteiger partial charge in [-0.1, -0.05) is 87.1 Å². The molecule has 0 aromatic rings. The Bertz CT molecular complexity index is 3010. The number of rotatable bonds is 18. The highest BCUT2D eigenvalue weighted by Crippen LogP contribution is 2.81. The van der Waals surface area contributed by atoms with Crippen molar-refractivity contribution < 1.29 is 47.6 Å². The summed E-state index contributed by atoms with van der Waals surface area (Å²) in [4.78, 5) is 50.7. The third-order valence-corrected chi connectivity index (χ3v) is 38.2. The van der Waals surface area contributed by atoms with E-state index in [0.29, 0.717) is 0 Å². The van der Waals surface area contributed by atoms with Crippen molar-refractivity contribution in [2.45, 2.75) is 399 Å². The minimum absolute atomic E-state index is 0. The van der Waals surface area contributed by atoms with Crippen LogP contribution in [0.15, 0.2) is 0 Å². The minimum Gasteiger partial charge on any atom is -0.459 e.